The first-order valence-electron chi connectivity index (χ1n) is 7.60. The number of rotatable bonds is 4. The lowest BCUT2D eigenvalue weighted by Gasteiger charge is -2.29. The molecule has 1 aromatic carbocycles. The summed E-state index contributed by atoms with van der Waals surface area (Å²) in [6, 6.07) is 6.05. The van der Waals surface area contributed by atoms with Crippen molar-refractivity contribution in [2.24, 2.45) is 5.92 Å². The molecule has 0 spiro atoms. The van der Waals surface area contributed by atoms with E-state index in [2.05, 4.69) is 17.2 Å². The van der Waals surface area contributed by atoms with E-state index in [1.807, 2.05) is 18.2 Å². The molecular formula is C16H19ClN2OS2. The first-order valence-corrected chi connectivity index (χ1v) is 9.78. The zero-order valence-corrected chi connectivity index (χ0v) is 14.9. The second-order valence-electron chi connectivity index (χ2n) is 5.82. The summed E-state index contributed by atoms with van der Waals surface area (Å²) < 4.78 is 2.03. The Morgan fingerprint density at radius 3 is 3.09 bits per heavy atom. The Hall–Kier alpha value is -0.780. The van der Waals surface area contributed by atoms with Crippen molar-refractivity contribution in [1.82, 2.24) is 10.3 Å². The summed E-state index contributed by atoms with van der Waals surface area (Å²) in [7, 11) is 0. The largest absolute Gasteiger partial charge is 0.352 e. The van der Waals surface area contributed by atoms with Crippen LogP contribution in [0.5, 0.6) is 0 Å². The summed E-state index contributed by atoms with van der Waals surface area (Å²) in [5.41, 5.74) is 0.904. The maximum absolute atomic E-state index is 12.1. The van der Waals surface area contributed by atoms with E-state index in [9.17, 15) is 4.79 Å². The first-order chi connectivity index (χ1) is 10.6. The molecule has 22 heavy (non-hydrogen) atoms. The van der Waals surface area contributed by atoms with Crippen molar-refractivity contribution < 1.29 is 4.79 Å². The molecule has 6 heteroatoms. The smallest absolute Gasteiger partial charge is 0.230 e. The van der Waals surface area contributed by atoms with E-state index in [1.165, 1.54) is 31.0 Å². The van der Waals surface area contributed by atoms with Crippen molar-refractivity contribution in [3.8, 4) is 0 Å². The van der Waals surface area contributed by atoms with Crippen LogP contribution in [0.25, 0.3) is 10.2 Å². The van der Waals surface area contributed by atoms with E-state index >= 15 is 0 Å². The number of hydrogen-bond acceptors (Lipinski definition) is 4. The number of fused-ring (bicyclic) bond motifs is 1. The third-order valence-electron chi connectivity index (χ3n) is 4.11. The van der Waals surface area contributed by atoms with Crippen LogP contribution in [0.1, 0.15) is 32.6 Å². The van der Waals surface area contributed by atoms with Gasteiger partial charge in [0.25, 0.3) is 0 Å². The third-order valence-corrected chi connectivity index (χ3v) is 6.53. The number of carbonyl (C=O) groups excluding carboxylic acids is 1. The molecular weight excluding hydrogens is 336 g/mol. The minimum Gasteiger partial charge on any atom is -0.352 e. The van der Waals surface area contributed by atoms with Gasteiger partial charge in [0.1, 0.15) is 0 Å². The summed E-state index contributed by atoms with van der Waals surface area (Å²) in [4.78, 5) is 16.6. The van der Waals surface area contributed by atoms with Crippen LogP contribution in [0.15, 0.2) is 22.5 Å². The lowest BCUT2D eigenvalue weighted by molar-refractivity contribution is -0.119. The predicted octanol–water partition coefficient (Wildman–Crippen LogP) is 4.74. The van der Waals surface area contributed by atoms with Gasteiger partial charge in [-0.05, 0) is 37.0 Å². The van der Waals surface area contributed by atoms with Gasteiger partial charge < -0.3 is 5.32 Å². The van der Waals surface area contributed by atoms with Crippen LogP contribution in [0.3, 0.4) is 0 Å². The number of nitrogens with zero attached hydrogens (tertiary/aromatic N) is 1. The topological polar surface area (TPSA) is 42.0 Å². The molecule has 1 fully saturated rings. The number of thioether (sulfide) groups is 1. The molecule has 0 radical (unpaired) electrons. The molecule has 1 aromatic heterocycles. The fraction of sp³-hybridized carbons (Fsp3) is 0.500. The van der Waals surface area contributed by atoms with E-state index in [1.54, 1.807) is 11.3 Å². The molecule has 0 unspecified atom stereocenters. The van der Waals surface area contributed by atoms with Gasteiger partial charge in [-0.1, -0.05) is 43.1 Å². The Labute approximate surface area is 143 Å². The highest BCUT2D eigenvalue weighted by molar-refractivity contribution is 8.01. The zero-order valence-electron chi connectivity index (χ0n) is 12.5. The van der Waals surface area contributed by atoms with Gasteiger partial charge in [-0.15, -0.1) is 11.3 Å². The number of amides is 1. The van der Waals surface area contributed by atoms with E-state index in [0.717, 1.165) is 21.0 Å². The maximum Gasteiger partial charge on any atom is 0.230 e. The van der Waals surface area contributed by atoms with Crippen LogP contribution >= 0.6 is 34.7 Å². The number of hydrogen-bond donors (Lipinski definition) is 1. The molecule has 0 bridgehead atoms. The molecule has 2 atom stereocenters. The number of carbonyl (C=O) groups is 1. The van der Waals surface area contributed by atoms with Crippen LogP contribution in [0, 0.1) is 5.92 Å². The summed E-state index contributed by atoms with van der Waals surface area (Å²) in [6.45, 7) is 2.23. The SMILES string of the molecule is C[C@H]1CCCC[C@H]1NC(=O)CSc1nc2cc(Cl)ccc2s1. The van der Waals surface area contributed by atoms with Crippen LogP contribution in [-0.4, -0.2) is 22.7 Å². The molecule has 3 rings (SSSR count). The standard InChI is InChI=1S/C16H19ClN2OS2/c1-10-4-2-3-5-12(10)18-15(20)9-21-16-19-13-8-11(17)6-7-14(13)22-16/h6-8,10,12H,2-5,9H2,1H3,(H,18,20)/t10-,12+/m0/s1. The van der Waals surface area contributed by atoms with Crippen molar-refractivity contribution >= 4 is 50.8 Å². The number of benzene rings is 1. The first kappa shape index (κ1) is 16.1. The summed E-state index contributed by atoms with van der Waals surface area (Å²) in [5.74, 6) is 1.13. The molecule has 1 N–H and O–H groups in total. The Bertz CT molecular complexity index is 673. The van der Waals surface area contributed by atoms with Crippen molar-refractivity contribution in [3.05, 3.63) is 23.2 Å². The van der Waals surface area contributed by atoms with Crippen molar-refractivity contribution in [2.45, 2.75) is 43.0 Å². The highest BCUT2D eigenvalue weighted by Gasteiger charge is 2.22. The van der Waals surface area contributed by atoms with Gasteiger partial charge in [0.05, 0.1) is 16.0 Å². The second-order valence-corrected chi connectivity index (χ2v) is 8.51. The Kier molecular flexibility index (Phi) is 5.26. The quantitative estimate of drug-likeness (QED) is 0.806. The minimum absolute atomic E-state index is 0.112. The number of nitrogens with one attached hydrogen (secondary N) is 1. The minimum atomic E-state index is 0.112. The molecule has 3 nitrogen and oxygen atoms in total. The van der Waals surface area contributed by atoms with Gasteiger partial charge >= 0.3 is 0 Å². The van der Waals surface area contributed by atoms with Gasteiger partial charge in [-0.3, -0.25) is 4.79 Å². The third kappa shape index (κ3) is 3.94. The maximum atomic E-state index is 12.1. The Morgan fingerprint density at radius 2 is 2.27 bits per heavy atom. The highest BCUT2D eigenvalue weighted by atomic mass is 35.5. The van der Waals surface area contributed by atoms with Gasteiger partial charge in [-0.2, -0.15) is 0 Å². The van der Waals surface area contributed by atoms with Gasteiger partial charge in [0.15, 0.2) is 4.34 Å². The van der Waals surface area contributed by atoms with Crippen LogP contribution in [0.2, 0.25) is 5.02 Å². The van der Waals surface area contributed by atoms with E-state index in [4.69, 9.17) is 11.6 Å². The number of halogens is 1. The summed E-state index contributed by atoms with van der Waals surface area (Å²) in [6.07, 6.45) is 4.84. The average Bonchev–Trinajstić information content (AvgIpc) is 2.89. The molecule has 0 aliphatic heterocycles. The van der Waals surface area contributed by atoms with Gasteiger partial charge in [0.2, 0.25) is 5.91 Å². The fourth-order valence-electron chi connectivity index (χ4n) is 2.85. The lowest BCUT2D eigenvalue weighted by Crippen LogP contribution is -2.41. The van der Waals surface area contributed by atoms with Gasteiger partial charge in [-0.25, -0.2) is 4.98 Å². The molecule has 1 heterocycles. The number of thiazole rings is 1. The fourth-order valence-corrected chi connectivity index (χ4v) is 4.87. The van der Waals surface area contributed by atoms with Crippen LogP contribution in [-0.2, 0) is 4.79 Å². The molecule has 1 saturated carbocycles. The summed E-state index contributed by atoms with van der Waals surface area (Å²) >= 11 is 9.08. The predicted molar refractivity (Wildman–Crippen MR) is 94.9 cm³/mol. The van der Waals surface area contributed by atoms with Gasteiger partial charge in [0, 0.05) is 11.1 Å². The molecule has 1 amide bonds. The Morgan fingerprint density at radius 1 is 1.45 bits per heavy atom. The lowest BCUT2D eigenvalue weighted by atomic mass is 9.86. The Balaban J connectivity index is 1.55. The molecule has 1 aliphatic rings. The van der Waals surface area contributed by atoms with E-state index < -0.39 is 0 Å². The monoisotopic (exact) mass is 354 g/mol. The zero-order chi connectivity index (χ0) is 15.5. The average molecular weight is 355 g/mol. The molecule has 1 aliphatic carbocycles. The van der Waals surface area contributed by atoms with Crippen molar-refractivity contribution in [2.75, 3.05) is 5.75 Å². The summed E-state index contributed by atoms with van der Waals surface area (Å²) in [5, 5.41) is 3.87. The second kappa shape index (κ2) is 7.20. The van der Waals surface area contributed by atoms with E-state index in [0.29, 0.717) is 22.7 Å². The van der Waals surface area contributed by atoms with E-state index in [-0.39, 0.29) is 5.91 Å². The molecule has 0 saturated heterocycles. The van der Waals surface area contributed by atoms with Crippen LogP contribution in [0.4, 0.5) is 0 Å². The molecule has 2 aromatic rings. The molecule has 118 valence electrons. The normalized spacial score (nSPS) is 21.9. The highest BCUT2D eigenvalue weighted by Crippen LogP contribution is 2.31. The number of aromatic nitrogens is 1. The van der Waals surface area contributed by atoms with Crippen molar-refractivity contribution in [3.63, 3.8) is 0 Å². The van der Waals surface area contributed by atoms with Crippen LogP contribution < -0.4 is 5.32 Å². The van der Waals surface area contributed by atoms with Crippen molar-refractivity contribution in [1.29, 1.82) is 0 Å².